The highest BCUT2D eigenvalue weighted by atomic mass is 16.2. The number of hydrogen-bond donors (Lipinski definition) is 3. The summed E-state index contributed by atoms with van der Waals surface area (Å²) < 4.78 is 0. The molecule has 0 radical (unpaired) electrons. The van der Waals surface area contributed by atoms with Crippen molar-refractivity contribution in [2.75, 3.05) is 19.6 Å². The van der Waals surface area contributed by atoms with Gasteiger partial charge in [0.25, 0.3) is 5.91 Å². The Morgan fingerprint density at radius 2 is 1.69 bits per heavy atom. The zero-order valence-electron chi connectivity index (χ0n) is 17.3. The van der Waals surface area contributed by atoms with Crippen LogP contribution in [-0.2, 0) is 4.79 Å². The van der Waals surface area contributed by atoms with Gasteiger partial charge in [0.1, 0.15) is 0 Å². The van der Waals surface area contributed by atoms with Gasteiger partial charge >= 0.3 is 0 Å². The largest absolute Gasteiger partial charge is 0.355 e. The lowest BCUT2D eigenvalue weighted by molar-refractivity contribution is -0.122. The first kappa shape index (κ1) is 21.1. The van der Waals surface area contributed by atoms with Gasteiger partial charge in [0, 0.05) is 12.1 Å². The minimum Gasteiger partial charge on any atom is -0.355 e. The van der Waals surface area contributed by atoms with Crippen molar-refractivity contribution >= 4 is 11.8 Å². The Hall–Kier alpha value is -2.66. The van der Waals surface area contributed by atoms with Crippen LogP contribution in [0.4, 0.5) is 0 Å². The van der Waals surface area contributed by atoms with E-state index in [1.54, 1.807) is 0 Å². The number of benzene rings is 2. The first-order valence-corrected chi connectivity index (χ1v) is 10.4. The summed E-state index contributed by atoms with van der Waals surface area (Å²) in [5, 5.41) is 9.49. The normalized spacial score (nSPS) is 16.6. The number of piperidine rings is 1. The fraction of sp³-hybridized carbons (Fsp3) is 0.417. The molecule has 154 valence electrons. The number of amides is 2. The maximum Gasteiger partial charge on any atom is 0.251 e. The Kier molecular flexibility index (Phi) is 7.04. The van der Waals surface area contributed by atoms with Crippen molar-refractivity contribution in [3.63, 3.8) is 0 Å². The van der Waals surface area contributed by atoms with Crippen molar-refractivity contribution in [2.45, 2.75) is 39.2 Å². The van der Waals surface area contributed by atoms with Crippen LogP contribution in [0.5, 0.6) is 0 Å². The average Bonchev–Trinajstić information content (AvgIpc) is 2.73. The van der Waals surface area contributed by atoms with Crippen molar-refractivity contribution in [1.29, 1.82) is 0 Å². The van der Waals surface area contributed by atoms with Crippen LogP contribution >= 0.6 is 0 Å². The lowest BCUT2D eigenvalue weighted by atomic mass is 9.81. The molecule has 1 fully saturated rings. The molecule has 0 saturated carbocycles. The topological polar surface area (TPSA) is 70.2 Å². The molecular formula is C24H31N3O2. The monoisotopic (exact) mass is 393 g/mol. The van der Waals surface area contributed by atoms with Gasteiger partial charge in [-0.3, -0.25) is 9.59 Å². The van der Waals surface area contributed by atoms with E-state index >= 15 is 0 Å². The predicted molar refractivity (Wildman–Crippen MR) is 116 cm³/mol. The van der Waals surface area contributed by atoms with Gasteiger partial charge in [-0.05, 0) is 56.0 Å². The summed E-state index contributed by atoms with van der Waals surface area (Å²) in [6.07, 6.45) is 2.33. The molecule has 0 aliphatic carbocycles. The molecule has 2 amide bonds. The smallest absolute Gasteiger partial charge is 0.251 e. The van der Waals surface area contributed by atoms with Crippen LogP contribution in [0, 0.1) is 12.3 Å². The molecule has 5 nitrogen and oxygen atoms in total. The van der Waals surface area contributed by atoms with Crippen molar-refractivity contribution < 1.29 is 9.59 Å². The molecular weight excluding hydrogens is 362 g/mol. The van der Waals surface area contributed by atoms with Gasteiger partial charge < -0.3 is 16.0 Å². The minimum absolute atomic E-state index is 0.0391. The Morgan fingerprint density at radius 1 is 1.03 bits per heavy atom. The quantitative estimate of drug-likeness (QED) is 0.676. The second-order valence-electron chi connectivity index (χ2n) is 8.34. The lowest BCUT2D eigenvalue weighted by Crippen LogP contribution is -2.43. The Balaban J connectivity index is 1.64. The molecule has 2 aromatic rings. The van der Waals surface area contributed by atoms with E-state index in [1.807, 2.05) is 61.5 Å². The molecule has 0 aromatic heterocycles. The van der Waals surface area contributed by atoms with Crippen LogP contribution < -0.4 is 16.0 Å². The highest BCUT2D eigenvalue weighted by Crippen LogP contribution is 2.27. The van der Waals surface area contributed by atoms with Gasteiger partial charge in [-0.25, -0.2) is 0 Å². The summed E-state index contributed by atoms with van der Waals surface area (Å²) >= 11 is 0. The van der Waals surface area contributed by atoms with E-state index in [-0.39, 0.29) is 29.7 Å². The zero-order valence-corrected chi connectivity index (χ0v) is 17.3. The van der Waals surface area contributed by atoms with E-state index in [4.69, 9.17) is 0 Å². The Labute approximate surface area is 173 Å². The molecule has 1 aliphatic heterocycles. The first-order chi connectivity index (χ1) is 14.0. The minimum atomic E-state index is -0.370. The molecule has 29 heavy (non-hydrogen) atoms. The predicted octanol–water partition coefficient (Wildman–Crippen LogP) is 3.36. The van der Waals surface area contributed by atoms with Gasteiger partial charge in [0.2, 0.25) is 5.91 Å². The first-order valence-electron chi connectivity index (χ1n) is 10.4. The SMILES string of the molecule is Cc1ccc(C(=O)NC(CC(=O)NCC2(C)CCNCC2)c2ccccc2)cc1. The zero-order chi connectivity index (χ0) is 20.7. The fourth-order valence-electron chi connectivity index (χ4n) is 3.66. The second-order valence-corrected chi connectivity index (χ2v) is 8.34. The van der Waals surface area contributed by atoms with E-state index in [0.717, 1.165) is 37.1 Å². The van der Waals surface area contributed by atoms with E-state index in [0.29, 0.717) is 12.1 Å². The van der Waals surface area contributed by atoms with Gasteiger partial charge in [-0.1, -0.05) is 55.0 Å². The van der Waals surface area contributed by atoms with Crippen molar-refractivity contribution in [2.24, 2.45) is 5.41 Å². The third-order valence-electron chi connectivity index (χ3n) is 5.73. The summed E-state index contributed by atoms with van der Waals surface area (Å²) in [5.74, 6) is -0.209. The van der Waals surface area contributed by atoms with Crippen LogP contribution in [0.1, 0.15) is 53.7 Å². The molecule has 1 saturated heterocycles. The number of carbonyl (C=O) groups excluding carboxylic acids is 2. The molecule has 1 unspecified atom stereocenters. The lowest BCUT2D eigenvalue weighted by Gasteiger charge is -2.34. The molecule has 0 bridgehead atoms. The summed E-state index contributed by atoms with van der Waals surface area (Å²) in [6, 6.07) is 16.8. The van der Waals surface area contributed by atoms with Crippen molar-refractivity contribution in [3.8, 4) is 0 Å². The maximum absolute atomic E-state index is 12.7. The van der Waals surface area contributed by atoms with Gasteiger partial charge in [0.05, 0.1) is 12.5 Å². The summed E-state index contributed by atoms with van der Waals surface area (Å²) in [6.45, 7) is 6.86. The third-order valence-corrected chi connectivity index (χ3v) is 5.73. The van der Waals surface area contributed by atoms with Crippen LogP contribution in [-0.4, -0.2) is 31.4 Å². The van der Waals surface area contributed by atoms with Crippen molar-refractivity contribution in [3.05, 3.63) is 71.3 Å². The standard InChI is InChI=1S/C24H31N3O2/c1-18-8-10-20(11-9-18)23(29)27-21(19-6-4-3-5-7-19)16-22(28)26-17-24(2)12-14-25-15-13-24/h3-11,21,25H,12-17H2,1-2H3,(H,26,28)(H,27,29). The fourth-order valence-corrected chi connectivity index (χ4v) is 3.66. The number of aryl methyl sites for hydroxylation is 1. The van der Waals surface area contributed by atoms with E-state index < -0.39 is 0 Å². The molecule has 0 spiro atoms. The highest BCUT2D eigenvalue weighted by Gasteiger charge is 2.27. The molecule has 2 aromatic carbocycles. The number of rotatable bonds is 7. The Bertz CT molecular complexity index is 812. The van der Waals surface area contributed by atoms with Crippen molar-refractivity contribution in [1.82, 2.24) is 16.0 Å². The van der Waals surface area contributed by atoms with Gasteiger partial charge in [-0.2, -0.15) is 0 Å². The number of carbonyl (C=O) groups is 2. The van der Waals surface area contributed by atoms with E-state index in [2.05, 4.69) is 22.9 Å². The molecule has 1 heterocycles. The summed E-state index contributed by atoms with van der Waals surface area (Å²) in [5.41, 5.74) is 2.76. The van der Waals surface area contributed by atoms with Crippen LogP contribution in [0.2, 0.25) is 0 Å². The van der Waals surface area contributed by atoms with Crippen LogP contribution in [0.3, 0.4) is 0 Å². The maximum atomic E-state index is 12.7. The Morgan fingerprint density at radius 3 is 2.34 bits per heavy atom. The van der Waals surface area contributed by atoms with Crippen LogP contribution in [0.15, 0.2) is 54.6 Å². The molecule has 3 rings (SSSR count). The van der Waals surface area contributed by atoms with Gasteiger partial charge in [-0.15, -0.1) is 0 Å². The average molecular weight is 394 g/mol. The second kappa shape index (κ2) is 9.70. The molecule has 1 atom stereocenters. The summed E-state index contributed by atoms with van der Waals surface area (Å²) in [7, 11) is 0. The molecule has 5 heteroatoms. The number of nitrogens with one attached hydrogen (secondary N) is 3. The van der Waals surface area contributed by atoms with Gasteiger partial charge in [0.15, 0.2) is 0 Å². The highest BCUT2D eigenvalue weighted by molar-refractivity contribution is 5.94. The molecule has 1 aliphatic rings. The third kappa shape index (κ3) is 6.16. The van der Waals surface area contributed by atoms with E-state index in [9.17, 15) is 9.59 Å². The molecule has 3 N–H and O–H groups in total. The van der Waals surface area contributed by atoms with Crippen LogP contribution in [0.25, 0.3) is 0 Å². The van der Waals surface area contributed by atoms with E-state index in [1.165, 1.54) is 0 Å². The number of hydrogen-bond acceptors (Lipinski definition) is 3. The summed E-state index contributed by atoms with van der Waals surface area (Å²) in [4.78, 5) is 25.4.